The standard InChI is InChI=1S/C15H12BrN5O3S/c16-12-3-1-11(2-4-12)9-15(22)18-25(23,24)14-7-5-13(6-8-14)21-10-17-19-20-21/h1-8,10H,9H2,(H,18,22). The lowest BCUT2D eigenvalue weighted by Gasteiger charge is -2.08. The normalized spacial score (nSPS) is 11.2. The number of benzene rings is 2. The molecule has 8 nitrogen and oxygen atoms in total. The fourth-order valence-electron chi connectivity index (χ4n) is 2.09. The SMILES string of the molecule is O=C(Cc1ccc(Br)cc1)NS(=O)(=O)c1ccc(-n2cnnn2)cc1. The predicted molar refractivity (Wildman–Crippen MR) is 92.3 cm³/mol. The Balaban J connectivity index is 1.70. The molecule has 10 heteroatoms. The second kappa shape index (κ2) is 7.11. The summed E-state index contributed by atoms with van der Waals surface area (Å²) in [4.78, 5) is 12.0. The van der Waals surface area contributed by atoms with Gasteiger partial charge in [-0.15, -0.1) is 5.10 Å². The number of halogens is 1. The van der Waals surface area contributed by atoms with Crippen LogP contribution in [-0.4, -0.2) is 34.5 Å². The van der Waals surface area contributed by atoms with Gasteiger partial charge in [0, 0.05) is 4.47 Å². The Morgan fingerprint density at radius 3 is 2.36 bits per heavy atom. The van der Waals surface area contributed by atoms with Gasteiger partial charge >= 0.3 is 0 Å². The molecule has 0 bridgehead atoms. The molecule has 0 aliphatic rings. The van der Waals surface area contributed by atoms with Crippen LogP contribution in [0.2, 0.25) is 0 Å². The van der Waals surface area contributed by atoms with E-state index >= 15 is 0 Å². The minimum atomic E-state index is -3.94. The number of nitrogens with one attached hydrogen (secondary N) is 1. The number of amides is 1. The van der Waals surface area contributed by atoms with Crippen molar-refractivity contribution >= 4 is 31.9 Å². The molecule has 0 saturated heterocycles. The van der Waals surface area contributed by atoms with Gasteiger partial charge in [-0.1, -0.05) is 28.1 Å². The van der Waals surface area contributed by atoms with Gasteiger partial charge in [-0.2, -0.15) is 0 Å². The van der Waals surface area contributed by atoms with Crippen LogP contribution in [0, 0.1) is 0 Å². The number of sulfonamides is 1. The molecule has 128 valence electrons. The zero-order valence-corrected chi connectivity index (χ0v) is 15.1. The summed E-state index contributed by atoms with van der Waals surface area (Å²) in [5.74, 6) is -0.605. The molecule has 3 aromatic rings. The van der Waals surface area contributed by atoms with E-state index in [1.54, 1.807) is 36.4 Å². The van der Waals surface area contributed by atoms with Gasteiger partial charge in [-0.3, -0.25) is 4.79 Å². The van der Waals surface area contributed by atoms with Gasteiger partial charge in [0.1, 0.15) is 6.33 Å². The first-order chi connectivity index (χ1) is 11.9. The topological polar surface area (TPSA) is 107 Å². The lowest BCUT2D eigenvalue weighted by atomic mass is 10.1. The average Bonchev–Trinajstić information content (AvgIpc) is 3.11. The predicted octanol–water partition coefficient (Wildman–Crippen LogP) is 1.47. The van der Waals surface area contributed by atoms with Crippen molar-refractivity contribution in [2.24, 2.45) is 0 Å². The second-order valence-corrected chi connectivity index (χ2v) is 7.68. The first-order valence-electron chi connectivity index (χ1n) is 7.07. The third-order valence-electron chi connectivity index (χ3n) is 3.29. The van der Waals surface area contributed by atoms with Crippen molar-refractivity contribution in [2.75, 3.05) is 0 Å². The van der Waals surface area contributed by atoms with Crippen LogP contribution in [0.5, 0.6) is 0 Å². The summed E-state index contributed by atoms with van der Waals surface area (Å²) in [6.45, 7) is 0. The van der Waals surface area contributed by atoms with Crippen molar-refractivity contribution in [1.29, 1.82) is 0 Å². The molecule has 0 spiro atoms. The first-order valence-corrected chi connectivity index (χ1v) is 9.35. The quantitative estimate of drug-likeness (QED) is 0.668. The Morgan fingerprint density at radius 2 is 1.76 bits per heavy atom. The summed E-state index contributed by atoms with van der Waals surface area (Å²) in [6.07, 6.45) is 1.36. The van der Waals surface area contributed by atoms with E-state index in [0.29, 0.717) is 11.3 Å². The summed E-state index contributed by atoms with van der Waals surface area (Å²) in [6, 6.07) is 12.9. The van der Waals surface area contributed by atoms with Crippen LogP contribution in [-0.2, 0) is 21.2 Å². The van der Waals surface area contributed by atoms with Gasteiger partial charge in [0.15, 0.2) is 0 Å². The molecule has 1 heterocycles. The van der Waals surface area contributed by atoms with Gasteiger partial charge in [0.05, 0.1) is 17.0 Å². The van der Waals surface area contributed by atoms with E-state index in [1.165, 1.54) is 23.1 Å². The van der Waals surface area contributed by atoms with Crippen LogP contribution in [0.1, 0.15) is 5.56 Å². The van der Waals surface area contributed by atoms with Gasteiger partial charge in [0.25, 0.3) is 10.0 Å². The molecular formula is C15H12BrN5O3S. The summed E-state index contributed by atoms with van der Waals surface area (Å²) < 4.78 is 28.9. The van der Waals surface area contributed by atoms with Crippen LogP contribution in [0.25, 0.3) is 5.69 Å². The monoisotopic (exact) mass is 421 g/mol. The van der Waals surface area contributed by atoms with E-state index in [-0.39, 0.29) is 11.3 Å². The van der Waals surface area contributed by atoms with Crippen molar-refractivity contribution in [3.63, 3.8) is 0 Å². The van der Waals surface area contributed by atoms with Crippen LogP contribution in [0.3, 0.4) is 0 Å². The molecular weight excluding hydrogens is 410 g/mol. The molecule has 25 heavy (non-hydrogen) atoms. The van der Waals surface area contributed by atoms with Crippen LogP contribution in [0.15, 0.2) is 64.2 Å². The number of nitrogens with zero attached hydrogens (tertiary/aromatic N) is 4. The number of tetrazole rings is 1. The number of aromatic nitrogens is 4. The first kappa shape index (κ1) is 17.2. The van der Waals surface area contributed by atoms with Gasteiger partial charge < -0.3 is 0 Å². The van der Waals surface area contributed by atoms with Crippen molar-refractivity contribution in [2.45, 2.75) is 11.3 Å². The zero-order valence-electron chi connectivity index (χ0n) is 12.7. The highest BCUT2D eigenvalue weighted by atomic mass is 79.9. The number of carbonyl (C=O) groups is 1. The Bertz CT molecular complexity index is 971. The van der Waals surface area contributed by atoms with Crippen molar-refractivity contribution < 1.29 is 13.2 Å². The fourth-order valence-corrected chi connectivity index (χ4v) is 3.34. The smallest absolute Gasteiger partial charge is 0.264 e. The van der Waals surface area contributed by atoms with Crippen LogP contribution in [0.4, 0.5) is 0 Å². The largest absolute Gasteiger partial charge is 0.274 e. The maximum Gasteiger partial charge on any atom is 0.264 e. The van der Waals surface area contributed by atoms with Gasteiger partial charge in [-0.05, 0) is 52.4 Å². The maximum absolute atomic E-state index is 12.3. The summed E-state index contributed by atoms with van der Waals surface area (Å²) in [7, 11) is -3.94. The third kappa shape index (κ3) is 4.28. The molecule has 0 aliphatic heterocycles. The Morgan fingerprint density at radius 1 is 1.08 bits per heavy atom. The summed E-state index contributed by atoms with van der Waals surface area (Å²) in [5.41, 5.74) is 1.31. The second-order valence-electron chi connectivity index (χ2n) is 5.08. The number of carbonyl (C=O) groups excluding carboxylic acids is 1. The lowest BCUT2D eigenvalue weighted by molar-refractivity contribution is -0.118. The molecule has 0 aliphatic carbocycles. The van der Waals surface area contributed by atoms with E-state index in [2.05, 4.69) is 36.2 Å². The van der Waals surface area contributed by atoms with Gasteiger partial charge in [-0.25, -0.2) is 17.8 Å². The number of hydrogen-bond acceptors (Lipinski definition) is 6. The minimum Gasteiger partial charge on any atom is -0.274 e. The Hall–Kier alpha value is -2.59. The van der Waals surface area contributed by atoms with Crippen molar-refractivity contribution in [3.8, 4) is 5.69 Å². The number of hydrogen-bond donors (Lipinski definition) is 1. The number of rotatable bonds is 5. The van der Waals surface area contributed by atoms with E-state index in [1.807, 2.05) is 0 Å². The summed E-state index contributed by atoms with van der Waals surface area (Å²) >= 11 is 3.30. The molecule has 1 amide bonds. The Labute approximate surface area is 152 Å². The van der Waals surface area contributed by atoms with E-state index in [9.17, 15) is 13.2 Å². The average molecular weight is 422 g/mol. The van der Waals surface area contributed by atoms with Crippen LogP contribution < -0.4 is 4.72 Å². The Kier molecular flexibility index (Phi) is 4.91. The molecule has 2 aromatic carbocycles. The van der Waals surface area contributed by atoms with Crippen molar-refractivity contribution in [1.82, 2.24) is 24.9 Å². The van der Waals surface area contributed by atoms with E-state index < -0.39 is 15.9 Å². The summed E-state index contributed by atoms with van der Waals surface area (Å²) in [5, 5.41) is 10.7. The highest BCUT2D eigenvalue weighted by Crippen LogP contribution is 2.14. The maximum atomic E-state index is 12.3. The van der Waals surface area contributed by atoms with Gasteiger partial charge in [0.2, 0.25) is 5.91 Å². The fraction of sp³-hybridized carbons (Fsp3) is 0.0667. The highest BCUT2D eigenvalue weighted by Gasteiger charge is 2.18. The highest BCUT2D eigenvalue weighted by molar-refractivity contribution is 9.10. The lowest BCUT2D eigenvalue weighted by Crippen LogP contribution is -2.31. The molecule has 3 rings (SSSR count). The molecule has 0 fully saturated rings. The molecule has 0 radical (unpaired) electrons. The van der Waals surface area contributed by atoms with E-state index in [0.717, 1.165) is 4.47 Å². The molecule has 0 saturated carbocycles. The van der Waals surface area contributed by atoms with E-state index in [4.69, 9.17) is 0 Å². The van der Waals surface area contributed by atoms with Crippen LogP contribution >= 0.6 is 15.9 Å². The third-order valence-corrected chi connectivity index (χ3v) is 5.20. The van der Waals surface area contributed by atoms with Crippen molar-refractivity contribution in [3.05, 3.63) is 64.9 Å². The molecule has 0 atom stereocenters. The zero-order chi connectivity index (χ0) is 17.9. The molecule has 1 N–H and O–H groups in total. The molecule has 1 aromatic heterocycles. The minimum absolute atomic E-state index is 0.0199. The molecule has 0 unspecified atom stereocenters.